The van der Waals surface area contributed by atoms with Gasteiger partial charge >= 0.3 is 0 Å². The van der Waals surface area contributed by atoms with E-state index in [9.17, 15) is 0 Å². The smallest absolute Gasteiger partial charge is 0.108 e. The molecule has 0 atom stereocenters. The maximum absolute atomic E-state index is 5.28. The van der Waals surface area contributed by atoms with Gasteiger partial charge in [0.05, 0.1) is 12.0 Å². The van der Waals surface area contributed by atoms with Crippen LogP contribution in [0.5, 0.6) is 0 Å². The summed E-state index contributed by atoms with van der Waals surface area (Å²) >= 11 is 3.54. The Kier molecular flexibility index (Phi) is 2.95. The first-order valence-electron chi connectivity index (χ1n) is 4.88. The number of hydrogen-bond acceptors (Lipinski definition) is 2. The molecule has 2 heterocycles. The fourth-order valence-corrected chi connectivity index (χ4v) is 2.05. The number of aromatic nitrogens is 2. The molecule has 0 aliphatic heterocycles. The Labute approximate surface area is 97.2 Å². The Morgan fingerprint density at radius 1 is 1.47 bits per heavy atom. The minimum atomic E-state index is 0.891. The standard InChI is InChI=1S/C11H13BrN2O/c1-8-13-10(11(12)14(8)2)6-5-9-4-3-7-15-9/h3-4,7H,5-6H2,1-2H3. The van der Waals surface area contributed by atoms with Crippen molar-refractivity contribution in [1.82, 2.24) is 9.55 Å². The van der Waals surface area contributed by atoms with Gasteiger partial charge in [0, 0.05) is 13.5 Å². The second kappa shape index (κ2) is 4.23. The van der Waals surface area contributed by atoms with Crippen molar-refractivity contribution in [2.24, 2.45) is 7.05 Å². The monoisotopic (exact) mass is 268 g/mol. The highest BCUT2D eigenvalue weighted by Crippen LogP contribution is 2.18. The van der Waals surface area contributed by atoms with E-state index in [2.05, 4.69) is 20.9 Å². The van der Waals surface area contributed by atoms with Crippen molar-refractivity contribution >= 4 is 15.9 Å². The van der Waals surface area contributed by atoms with Crippen LogP contribution in [0, 0.1) is 6.92 Å². The third-order valence-corrected chi connectivity index (χ3v) is 3.49. The summed E-state index contributed by atoms with van der Waals surface area (Å²) in [6, 6.07) is 3.90. The van der Waals surface area contributed by atoms with Gasteiger partial charge in [-0.25, -0.2) is 4.98 Å². The Bertz CT molecular complexity index is 445. The predicted octanol–water partition coefficient (Wildman–Crippen LogP) is 2.87. The quantitative estimate of drug-likeness (QED) is 0.857. The molecule has 0 saturated heterocycles. The zero-order chi connectivity index (χ0) is 10.8. The fraction of sp³-hybridized carbons (Fsp3) is 0.364. The van der Waals surface area contributed by atoms with Crippen LogP contribution < -0.4 is 0 Å². The first-order chi connectivity index (χ1) is 7.18. The molecule has 0 radical (unpaired) electrons. The number of imidazole rings is 1. The van der Waals surface area contributed by atoms with E-state index in [0.717, 1.165) is 34.7 Å². The van der Waals surface area contributed by atoms with E-state index in [1.54, 1.807) is 6.26 Å². The van der Waals surface area contributed by atoms with Crippen molar-refractivity contribution in [3.63, 3.8) is 0 Å². The molecule has 0 amide bonds. The van der Waals surface area contributed by atoms with Crippen LogP contribution in [-0.4, -0.2) is 9.55 Å². The molecule has 0 aliphatic carbocycles. The van der Waals surface area contributed by atoms with E-state index in [4.69, 9.17) is 4.42 Å². The van der Waals surface area contributed by atoms with E-state index >= 15 is 0 Å². The molecule has 0 fully saturated rings. The number of halogens is 1. The lowest BCUT2D eigenvalue weighted by atomic mass is 10.2. The van der Waals surface area contributed by atoms with Gasteiger partial charge in [-0.1, -0.05) is 0 Å². The molecule has 3 nitrogen and oxygen atoms in total. The summed E-state index contributed by atoms with van der Waals surface area (Å²) in [6.45, 7) is 2.00. The van der Waals surface area contributed by atoms with Gasteiger partial charge in [-0.15, -0.1) is 0 Å². The summed E-state index contributed by atoms with van der Waals surface area (Å²) in [6.07, 6.45) is 3.49. The minimum Gasteiger partial charge on any atom is -0.469 e. The molecule has 2 rings (SSSR count). The van der Waals surface area contributed by atoms with E-state index in [-0.39, 0.29) is 0 Å². The molecular formula is C11H13BrN2O. The maximum Gasteiger partial charge on any atom is 0.108 e. The molecule has 0 spiro atoms. The topological polar surface area (TPSA) is 31.0 Å². The van der Waals surface area contributed by atoms with Gasteiger partial charge in [-0.05, 0) is 41.4 Å². The van der Waals surface area contributed by atoms with E-state index in [0.29, 0.717) is 0 Å². The minimum absolute atomic E-state index is 0.891. The van der Waals surface area contributed by atoms with Crippen molar-refractivity contribution in [3.8, 4) is 0 Å². The molecule has 0 unspecified atom stereocenters. The van der Waals surface area contributed by atoms with Crippen molar-refractivity contribution in [1.29, 1.82) is 0 Å². The SMILES string of the molecule is Cc1nc(CCc2ccco2)c(Br)n1C. The Balaban J connectivity index is 2.08. The fourth-order valence-electron chi connectivity index (χ4n) is 1.51. The molecular weight excluding hydrogens is 256 g/mol. The first kappa shape index (κ1) is 10.5. The number of furan rings is 1. The molecule has 0 saturated carbocycles. The largest absolute Gasteiger partial charge is 0.469 e. The Morgan fingerprint density at radius 2 is 2.27 bits per heavy atom. The van der Waals surface area contributed by atoms with Gasteiger partial charge in [0.15, 0.2) is 0 Å². The lowest BCUT2D eigenvalue weighted by Gasteiger charge is -1.97. The zero-order valence-corrected chi connectivity index (χ0v) is 10.4. The lowest BCUT2D eigenvalue weighted by Crippen LogP contribution is -1.92. The number of hydrogen-bond donors (Lipinski definition) is 0. The van der Waals surface area contributed by atoms with Gasteiger partial charge in [-0.2, -0.15) is 0 Å². The van der Waals surface area contributed by atoms with Crippen LogP contribution in [0.4, 0.5) is 0 Å². The van der Waals surface area contributed by atoms with Crippen LogP contribution in [0.1, 0.15) is 17.3 Å². The van der Waals surface area contributed by atoms with Crippen LogP contribution in [0.25, 0.3) is 0 Å². The highest BCUT2D eigenvalue weighted by atomic mass is 79.9. The Hall–Kier alpha value is -1.03. The predicted molar refractivity (Wildman–Crippen MR) is 61.8 cm³/mol. The van der Waals surface area contributed by atoms with Crippen molar-refractivity contribution in [2.45, 2.75) is 19.8 Å². The maximum atomic E-state index is 5.28. The van der Waals surface area contributed by atoms with Gasteiger partial charge in [0.1, 0.15) is 16.2 Å². The van der Waals surface area contributed by atoms with Crippen molar-refractivity contribution < 1.29 is 4.42 Å². The zero-order valence-electron chi connectivity index (χ0n) is 8.83. The molecule has 0 aliphatic rings. The third-order valence-electron chi connectivity index (χ3n) is 2.50. The summed E-state index contributed by atoms with van der Waals surface area (Å²) in [5.74, 6) is 2.03. The highest BCUT2D eigenvalue weighted by molar-refractivity contribution is 9.10. The molecule has 80 valence electrons. The van der Waals surface area contributed by atoms with Crippen LogP contribution in [0.3, 0.4) is 0 Å². The second-order valence-electron chi connectivity index (χ2n) is 3.53. The van der Waals surface area contributed by atoms with Crippen LogP contribution >= 0.6 is 15.9 Å². The van der Waals surface area contributed by atoms with Crippen LogP contribution in [0.2, 0.25) is 0 Å². The van der Waals surface area contributed by atoms with E-state index < -0.39 is 0 Å². The summed E-state index contributed by atoms with van der Waals surface area (Å²) in [5, 5.41) is 0. The highest BCUT2D eigenvalue weighted by Gasteiger charge is 2.09. The summed E-state index contributed by atoms with van der Waals surface area (Å²) < 4.78 is 8.38. The normalized spacial score (nSPS) is 10.9. The van der Waals surface area contributed by atoms with Gasteiger partial charge in [0.2, 0.25) is 0 Å². The summed E-state index contributed by atoms with van der Waals surface area (Å²) in [7, 11) is 2.00. The second-order valence-corrected chi connectivity index (χ2v) is 4.29. The molecule has 15 heavy (non-hydrogen) atoms. The molecule has 4 heteroatoms. The van der Waals surface area contributed by atoms with Gasteiger partial charge in [-0.3, -0.25) is 0 Å². The van der Waals surface area contributed by atoms with Gasteiger partial charge in [0.25, 0.3) is 0 Å². The lowest BCUT2D eigenvalue weighted by molar-refractivity contribution is 0.507. The number of aryl methyl sites for hydroxylation is 3. The van der Waals surface area contributed by atoms with E-state index in [1.807, 2.05) is 30.7 Å². The van der Waals surface area contributed by atoms with Crippen LogP contribution in [0.15, 0.2) is 27.4 Å². The Morgan fingerprint density at radius 3 is 2.80 bits per heavy atom. The van der Waals surface area contributed by atoms with Gasteiger partial charge < -0.3 is 8.98 Å². The van der Waals surface area contributed by atoms with E-state index in [1.165, 1.54) is 0 Å². The number of rotatable bonds is 3. The van der Waals surface area contributed by atoms with Crippen molar-refractivity contribution in [3.05, 3.63) is 40.3 Å². The molecule has 0 N–H and O–H groups in total. The molecule has 2 aromatic rings. The average molecular weight is 269 g/mol. The first-order valence-corrected chi connectivity index (χ1v) is 5.68. The number of nitrogens with zero attached hydrogens (tertiary/aromatic N) is 2. The average Bonchev–Trinajstić information content (AvgIpc) is 2.80. The van der Waals surface area contributed by atoms with Crippen molar-refractivity contribution in [2.75, 3.05) is 0 Å². The molecule has 0 aromatic carbocycles. The summed E-state index contributed by atoms with van der Waals surface area (Å²) in [5.41, 5.74) is 1.09. The molecule has 2 aromatic heterocycles. The van der Waals surface area contributed by atoms with Crippen LogP contribution in [-0.2, 0) is 19.9 Å². The third kappa shape index (κ3) is 2.15. The molecule has 0 bridgehead atoms. The summed E-state index contributed by atoms with van der Waals surface area (Å²) in [4.78, 5) is 4.48.